The third-order valence-corrected chi connectivity index (χ3v) is 5.84. The fourth-order valence-electron chi connectivity index (χ4n) is 2.65. The largest absolute Gasteiger partial charge is 0.490 e. The highest BCUT2D eigenvalue weighted by molar-refractivity contribution is 7.09. The van der Waals surface area contributed by atoms with Crippen LogP contribution in [-0.2, 0) is 19.7 Å². The summed E-state index contributed by atoms with van der Waals surface area (Å²) in [7, 11) is 0. The lowest BCUT2D eigenvalue weighted by molar-refractivity contribution is 0.269. The summed E-state index contributed by atoms with van der Waals surface area (Å²) in [6, 6.07) is 13.4. The standard InChI is InChI=1S/C21H20Cl3NO2S/c1-2-26-20-10-15(11-25-12-16-4-3-7-28-16)9-19(24)21(20)27-13-14-5-6-17(22)18(23)8-14/h3-10,25H,2,11-13H2,1H3. The van der Waals surface area contributed by atoms with Gasteiger partial charge in [0.2, 0.25) is 0 Å². The SMILES string of the molecule is CCOc1cc(CNCc2cccs2)cc(Cl)c1OCc1ccc(Cl)c(Cl)c1. The average molecular weight is 457 g/mol. The summed E-state index contributed by atoms with van der Waals surface area (Å²) in [6.07, 6.45) is 0. The van der Waals surface area contributed by atoms with E-state index in [0.717, 1.165) is 17.7 Å². The molecule has 1 aromatic heterocycles. The van der Waals surface area contributed by atoms with E-state index < -0.39 is 0 Å². The van der Waals surface area contributed by atoms with Gasteiger partial charge in [-0.2, -0.15) is 0 Å². The number of benzene rings is 2. The van der Waals surface area contributed by atoms with Gasteiger partial charge in [0.15, 0.2) is 11.5 Å². The van der Waals surface area contributed by atoms with Crippen LogP contribution in [-0.4, -0.2) is 6.61 Å². The van der Waals surface area contributed by atoms with Crippen LogP contribution in [0.1, 0.15) is 22.9 Å². The van der Waals surface area contributed by atoms with Crippen molar-refractivity contribution in [2.45, 2.75) is 26.6 Å². The molecule has 0 aliphatic heterocycles. The average Bonchev–Trinajstić information content (AvgIpc) is 3.17. The molecule has 1 N–H and O–H groups in total. The Hall–Kier alpha value is -1.43. The predicted molar refractivity (Wildman–Crippen MR) is 118 cm³/mol. The van der Waals surface area contributed by atoms with E-state index >= 15 is 0 Å². The molecule has 28 heavy (non-hydrogen) atoms. The third-order valence-electron chi connectivity index (χ3n) is 3.94. The summed E-state index contributed by atoms with van der Waals surface area (Å²) in [4.78, 5) is 1.29. The van der Waals surface area contributed by atoms with Gasteiger partial charge >= 0.3 is 0 Å². The fraction of sp³-hybridized carbons (Fsp3) is 0.238. The van der Waals surface area contributed by atoms with Gasteiger partial charge < -0.3 is 14.8 Å². The van der Waals surface area contributed by atoms with E-state index in [1.807, 2.05) is 31.2 Å². The molecule has 3 rings (SSSR count). The van der Waals surface area contributed by atoms with Crippen LogP contribution in [0.5, 0.6) is 11.5 Å². The molecular formula is C21H20Cl3NO2S. The van der Waals surface area contributed by atoms with Crippen LogP contribution in [0.4, 0.5) is 0 Å². The minimum Gasteiger partial charge on any atom is -0.490 e. The molecule has 3 aromatic rings. The summed E-state index contributed by atoms with van der Waals surface area (Å²) in [5, 5.41) is 7.00. The minimum atomic E-state index is 0.312. The third kappa shape index (κ3) is 5.79. The topological polar surface area (TPSA) is 30.5 Å². The summed E-state index contributed by atoms with van der Waals surface area (Å²) in [5.74, 6) is 1.15. The smallest absolute Gasteiger partial charge is 0.180 e. The van der Waals surface area contributed by atoms with Gasteiger partial charge in [-0.3, -0.25) is 0 Å². The van der Waals surface area contributed by atoms with Crippen molar-refractivity contribution in [1.82, 2.24) is 5.32 Å². The van der Waals surface area contributed by atoms with Crippen LogP contribution in [0.2, 0.25) is 15.1 Å². The van der Waals surface area contributed by atoms with Gasteiger partial charge in [0.25, 0.3) is 0 Å². The number of hydrogen-bond acceptors (Lipinski definition) is 4. The number of thiophene rings is 1. The summed E-state index contributed by atoms with van der Waals surface area (Å²) >= 11 is 20.3. The molecule has 0 fully saturated rings. The Bertz CT molecular complexity index is 916. The molecule has 0 saturated heterocycles. The van der Waals surface area contributed by atoms with Gasteiger partial charge in [-0.05, 0) is 53.8 Å². The van der Waals surface area contributed by atoms with E-state index in [1.165, 1.54) is 4.88 Å². The van der Waals surface area contributed by atoms with Crippen LogP contribution < -0.4 is 14.8 Å². The number of ether oxygens (including phenoxy) is 2. The molecule has 1 heterocycles. The van der Waals surface area contributed by atoms with Gasteiger partial charge in [-0.25, -0.2) is 0 Å². The lowest BCUT2D eigenvalue weighted by Crippen LogP contribution is -2.12. The molecule has 0 atom stereocenters. The maximum absolute atomic E-state index is 6.49. The Kier molecular flexibility index (Phi) is 7.89. The lowest BCUT2D eigenvalue weighted by atomic mass is 10.2. The van der Waals surface area contributed by atoms with Crippen molar-refractivity contribution in [1.29, 1.82) is 0 Å². The highest BCUT2D eigenvalue weighted by Gasteiger charge is 2.13. The summed E-state index contributed by atoms with van der Waals surface area (Å²) in [5.41, 5.74) is 1.93. The van der Waals surface area contributed by atoms with Gasteiger partial charge in [0.1, 0.15) is 6.61 Å². The Labute approximate surface area is 184 Å². The van der Waals surface area contributed by atoms with Crippen LogP contribution in [0, 0.1) is 0 Å². The van der Waals surface area contributed by atoms with Crippen LogP contribution in [0.3, 0.4) is 0 Å². The molecular weight excluding hydrogens is 437 g/mol. The maximum atomic E-state index is 6.49. The zero-order valence-electron chi connectivity index (χ0n) is 15.3. The highest BCUT2D eigenvalue weighted by atomic mass is 35.5. The molecule has 7 heteroatoms. The van der Waals surface area contributed by atoms with Crippen molar-refractivity contribution >= 4 is 46.1 Å². The molecule has 0 bridgehead atoms. The zero-order chi connectivity index (χ0) is 19.9. The lowest BCUT2D eigenvalue weighted by Gasteiger charge is -2.16. The zero-order valence-corrected chi connectivity index (χ0v) is 18.4. The van der Waals surface area contributed by atoms with Gasteiger partial charge in [-0.1, -0.05) is 46.9 Å². The minimum absolute atomic E-state index is 0.312. The molecule has 2 aromatic carbocycles. The van der Waals surface area contributed by atoms with Gasteiger partial charge in [0, 0.05) is 18.0 Å². The van der Waals surface area contributed by atoms with E-state index in [0.29, 0.717) is 46.3 Å². The molecule has 0 saturated carbocycles. The first kappa shape index (κ1) is 21.3. The van der Waals surface area contributed by atoms with Crippen LogP contribution in [0.15, 0.2) is 47.8 Å². The highest BCUT2D eigenvalue weighted by Crippen LogP contribution is 2.37. The molecule has 0 amide bonds. The second-order valence-corrected chi connectivity index (χ2v) is 8.31. The van der Waals surface area contributed by atoms with Crippen molar-refractivity contribution < 1.29 is 9.47 Å². The quantitative estimate of drug-likeness (QED) is 0.377. The Balaban J connectivity index is 1.69. The van der Waals surface area contributed by atoms with Gasteiger partial charge in [-0.15, -0.1) is 11.3 Å². The molecule has 0 spiro atoms. The molecule has 0 radical (unpaired) electrons. The van der Waals surface area contributed by atoms with Gasteiger partial charge in [0.05, 0.1) is 21.7 Å². The van der Waals surface area contributed by atoms with E-state index in [1.54, 1.807) is 23.5 Å². The molecule has 0 unspecified atom stereocenters. The predicted octanol–water partition coefficient (Wildman–Crippen LogP) is 6.98. The monoisotopic (exact) mass is 455 g/mol. The number of halogens is 3. The second-order valence-electron chi connectivity index (χ2n) is 6.06. The van der Waals surface area contributed by atoms with Crippen LogP contribution >= 0.6 is 46.1 Å². The Morgan fingerprint density at radius 2 is 1.71 bits per heavy atom. The van der Waals surface area contributed by atoms with Crippen molar-refractivity contribution in [2.75, 3.05) is 6.61 Å². The maximum Gasteiger partial charge on any atom is 0.180 e. The summed E-state index contributed by atoms with van der Waals surface area (Å²) in [6.45, 7) is 4.26. The number of nitrogens with one attached hydrogen (secondary N) is 1. The molecule has 0 aliphatic rings. The first-order valence-corrected chi connectivity index (χ1v) is 10.8. The van der Waals surface area contributed by atoms with Crippen molar-refractivity contribution in [3.05, 3.63) is 78.9 Å². The fourth-order valence-corrected chi connectivity index (χ4v) is 3.94. The van der Waals surface area contributed by atoms with E-state index in [4.69, 9.17) is 44.3 Å². The van der Waals surface area contributed by atoms with E-state index in [9.17, 15) is 0 Å². The Morgan fingerprint density at radius 3 is 2.43 bits per heavy atom. The van der Waals surface area contributed by atoms with Crippen molar-refractivity contribution in [3.63, 3.8) is 0 Å². The molecule has 3 nitrogen and oxygen atoms in total. The molecule has 148 valence electrons. The molecule has 0 aliphatic carbocycles. The van der Waals surface area contributed by atoms with E-state index in [-0.39, 0.29) is 0 Å². The first-order valence-electron chi connectivity index (χ1n) is 8.82. The second kappa shape index (κ2) is 10.4. The normalized spacial score (nSPS) is 10.9. The first-order chi connectivity index (χ1) is 13.6. The van der Waals surface area contributed by atoms with E-state index in [2.05, 4.69) is 16.8 Å². The number of hydrogen-bond donors (Lipinski definition) is 1. The van der Waals surface area contributed by atoms with Crippen molar-refractivity contribution in [3.8, 4) is 11.5 Å². The number of rotatable bonds is 9. The van der Waals surface area contributed by atoms with Crippen molar-refractivity contribution in [2.24, 2.45) is 0 Å². The Morgan fingerprint density at radius 1 is 0.893 bits per heavy atom. The summed E-state index contributed by atoms with van der Waals surface area (Å²) < 4.78 is 11.7. The van der Waals surface area contributed by atoms with Crippen LogP contribution in [0.25, 0.3) is 0 Å².